The van der Waals surface area contributed by atoms with Crippen molar-refractivity contribution in [2.45, 2.75) is 57.4 Å². The third kappa shape index (κ3) is 17.5. The van der Waals surface area contributed by atoms with E-state index in [-0.39, 0.29) is 36.7 Å². The second-order valence-corrected chi connectivity index (χ2v) is 10.5. The van der Waals surface area contributed by atoms with Crippen molar-refractivity contribution in [3.8, 4) is 11.5 Å². The summed E-state index contributed by atoms with van der Waals surface area (Å²) in [5, 5.41) is 8.99. The number of unbranched alkanes of at least 4 members (excludes halogenated alkanes) is 5. The van der Waals surface area contributed by atoms with Crippen molar-refractivity contribution in [2.75, 3.05) is 40.9 Å². The summed E-state index contributed by atoms with van der Waals surface area (Å²) in [6, 6.07) is 5.60. The standard InChI is InChI=1S/C22H35F3NO8P.H2O/c1-26(2,3)17-18(16-21(27)28)34-35(29,30)32-15-11-7-5-4-6-10-14-31-19-12-8-9-13-20(19)33-22(23,24)25;/h8-9,12-13,18H,4-7,10-11,14-17H2,1-3H3,(H-,27,28,29,30);1H2. The lowest BCUT2D eigenvalue weighted by molar-refractivity contribution is -0.873. The summed E-state index contributed by atoms with van der Waals surface area (Å²) in [5.41, 5.74) is 0. The van der Waals surface area contributed by atoms with Crippen LogP contribution in [-0.4, -0.2) is 79.3 Å². The van der Waals surface area contributed by atoms with Gasteiger partial charge in [-0.25, -0.2) is 4.57 Å². The molecule has 0 amide bonds. The van der Waals surface area contributed by atoms with Gasteiger partial charge in [0.15, 0.2) is 11.5 Å². The van der Waals surface area contributed by atoms with E-state index in [0.717, 1.165) is 25.7 Å². The first kappa shape index (κ1) is 34.1. The first-order valence-corrected chi connectivity index (χ1v) is 12.8. The Morgan fingerprint density at radius 3 is 2.06 bits per heavy atom. The van der Waals surface area contributed by atoms with Crippen molar-refractivity contribution < 1.29 is 61.0 Å². The molecule has 0 saturated carbocycles. The molecule has 0 heterocycles. The monoisotopic (exact) mass is 547 g/mol. The number of aliphatic carboxylic acids is 1. The van der Waals surface area contributed by atoms with Crippen LogP contribution in [0, 0.1) is 0 Å². The average molecular weight is 548 g/mol. The number of ether oxygens (including phenoxy) is 2. The van der Waals surface area contributed by atoms with E-state index in [9.17, 15) is 27.4 Å². The van der Waals surface area contributed by atoms with Crippen LogP contribution in [0.25, 0.3) is 0 Å². The van der Waals surface area contributed by atoms with Crippen LogP contribution in [0.15, 0.2) is 24.3 Å². The molecule has 2 unspecified atom stereocenters. The summed E-state index contributed by atoms with van der Waals surface area (Å²) in [6.45, 7) is 0.471. The highest BCUT2D eigenvalue weighted by Gasteiger charge is 2.33. The number of carboxylic acid groups (broad SMARTS) is 1. The maximum Gasteiger partial charge on any atom is 0.573 e. The quantitative estimate of drug-likeness (QED) is 0.150. The normalized spacial score (nSPS) is 14.4. The fourth-order valence-electron chi connectivity index (χ4n) is 3.21. The Morgan fingerprint density at radius 1 is 1.00 bits per heavy atom. The van der Waals surface area contributed by atoms with E-state index >= 15 is 0 Å². The third-order valence-electron chi connectivity index (χ3n) is 4.56. The predicted molar refractivity (Wildman–Crippen MR) is 124 cm³/mol. The number of phosphoric ester groups is 1. The molecule has 0 aliphatic heterocycles. The van der Waals surface area contributed by atoms with Gasteiger partial charge in [0.05, 0.1) is 40.8 Å². The molecule has 14 heteroatoms. The number of phosphoric acid groups is 1. The Kier molecular flexibility index (Phi) is 15.2. The van der Waals surface area contributed by atoms with Crippen molar-refractivity contribution in [1.29, 1.82) is 0 Å². The summed E-state index contributed by atoms with van der Waals surface area (Å²) < 4.78 is 69.1. The molecule has 36 heavy (non-hydrogen) atoms. The molecule has 1 aromatic carbocycles. The lowest BCUT2D eigenvalue weighted by atomic mass is 10.1. The van der Waals surface area contributed by atoms with Crippen molar-refractivity contribution in [1.82, 2.24) is 0 Å². The topological polar surface area (TPSA) is 142 Å². The van der Waals surface area contributed by atoms with Gasteiger partial charge in [-0.15, -0.1) is 13.2 Å². The molecule has 0 spiro atoms. The molecule has 3 N–H and O–H groups in total. The molecule has 0 saturated heterocycles. The van der Waals surface area contributed by atoms with Crippen LogP contribution in [0.5, 0.6) is 11.5 Å². The Morgan fingerprint density at radius 2 is 1.53 bits per heavy atom. The van der Waals surface area contributed by atoms with Crippen LogP contribution in [0.3, 0.4) is 0 Å². The van der Waals surface area contributed by atoms with E-state index in [1.165, 1.54) is 18.2 Å². The lowest BCUT2D eigenvalue weighted by Gasteiger charge is -2.29. The van der Waals surface area contributed by atoms with Gasteiger partial charge in [0.1, 0.15) is 12.6 Å². The highest BCUT2D eigenvalue weighted by Crippen LogP contribution is 2.45. The highest BCUT2D eigenvalue weighted by atomic mass is 31.2. The number of nitrogens with zero attached hydrogens (tertiary/aromatic N) is 1. The maximum atomic E-state index is 12.4. The number of carboxylic acids is 1. The fraction of sp³-hybridized carbons (Fsp3) is 0.682. The van der Waals surface area contributed by atoms with Crippen LogP contribution < -0.4 is 9.47 Å². The van der Waals surface area contributed by atoms with E-state index in [1.54, 1.807) is 6.07 Å². The number of likely N-dealkylation sites (N-methyl/N-ethyl adjacent to an activating group) is 1. The maximum absolute atomic E-state index is 12.4. The van der Waals surface area contributed by atoms with Crippen molar-refractivity contribution >= 4 is 13.8 Å². The second kappa shape index (κ2) is 16.1. The van der Waals surface area contributed by atoms with E-state index in [1.807, 2.05) is 21.1 Å². The van der Waals surface area contributed by atoms with Crippen LogP contribution >= 0.6 is 7.82 Å². The van der Waals surface area contributed by atoms with Gasteiger partial charge in [-0.2, -0.15) is 0 Å². The Labute approximate surface area is 209 Å². The van der Waals surface area contributed by atoms with E-state index in [4.69, 9.17) is 18.9 Å². The molecule has 210 valence electrons. The Hall–Kier alpha value is -1.89. The number of para-hydroxylation sites is 2. The molecule has 2 atom stereocenters. The van der Waals surface area contributed by atoms with Crippen LogP contribution in [0.1, 0.15) is 44.9 Å². The van der Waals surface area contributed by atoms with Crippen LogP contribution in [-0.2, 0) is 18.4 Å². The molecular weight excluding hydrogens is 510 g/mol. The number of rotatable bonds is 18. The number of benzene rings is 1. The van der Waals surface area contributed by atoms with Crippen LogP contribution in [0.2, 0.25) is 0 Å². The van der Waals surface area contributed by atoms with Gasteiger partial charge in [-0.05, 0) is 25.0 Å². The lowest BCUT2D eigenvalue weighted by Crippen LogP contribution is -2.42. The number of hydrogen-bond donors (Lipinski definition) is 2. The van der Waals surface area contributed by atoms with Crippen molar-refractivity contribution in [3.63, 3.8) is 0 Å². The molecule has 0 fully saturated rings. The smallest absolute Gasteiger partial charge is 0.573 e. The van der Waals surface area contributed by atoms with E-state index in [0.29, 0.717) is 17.3 Å². The minimum atomic E-state index is -4.79. The van der Waals surface area contributed by atoms with Gasteiger partial charge >= 0.3 is 20.2 Å². The number of alkyl halides is 3. The molecule has 1 rings (SSSR count). The van der Waals surface area contributed by atoms with Crippen LogP contribution in [0.4, 0.5) is 13.2 Å². The molecule has 10 nitrogen and oxygen atoms in total. The summed E-state index contributed by atoms with van der Waals surface area (Å²) >= 11 is 0. The number of halogens is 3. The average Bonchev–Trinajstić information content (AvgIpc) is 2.67. The number of carbonyl (C=O) groups is 1. The fourth-order valence-corrected chi connectivity index (χ4v) is 4.15. The second-order valence-electron chi connectivity index (χ2n) is 9.06. The zero-order valence-electron chi connectivity index (χ0n) is 20.8. The minimum Gasteiger partial charge on any atom is -0.870 e. The van der Waals surface area contributed by atoms with Gasteiger partial charge in [0.2, 0.25) is 0 Å². The van der Waals surface area contributed by atoms with E-state index in [2.05, 4.69) is 4.74 Å². The summed E-state index contributed by atoms with van der Waals surface area (Å²) in [7, 11) is 1.06. The molecule has 0 aliphatic carbocycles. The summed E-state index contributed by atoms with van der Waals surface area (Å²) in [4.78, 5) is 20.9. The van der Waals surface area contributed by atoms with Gasteiger partial charge in [-0.1, -0.05) is 37.8 Å². The van der Waals surface area contributed by atoms with Gasteiger partial charge in [-0.3, -0.25) is 13.8 Å². The summed E-state index contributed by atoms with van der Waals surface area (Å²) in [5.74, 6) is -1.48. The largest absolute Gasteiger partial charge is 0.870 e. The van der Waals surface area contributed by atoms with E-state index < -0.39 is 32.7 Å². The molecule has 0 aromatic heterocycles. The van der Waals surface area contributed by atoms with Crippen molar-refractivity contribution in [2.24, 2.45) is 0 Å². The molecule has 0 bridgehead atoms. The minimum absolute atomic E-state index is 0. The zero-order chi connectivity index (χ0) is 26.5. The SMILES string of the molecule is C[N+](C)(C)CC(CC(=O)O)OP(=O)(O)OCCCCCCCCOc1ccccc1OC(F)(F)F.[OH-]. The molecule has 0 radical (unpaired) electrons. The van der Waals surface area contributed by atoms with Gasteiger partial charge in [0, 0.05) is 0 Å². The molecule has 1 aromatic rings. The number of hydrogen-bond acceptors (Lipinski definition) is 7. The first-order chi connectivity index (χ1) is 16.2. The number of quaternary nitrogens is 1. The zero-order valence-corrected chi connectivity index (χ0v) is 21.7. The molecule has 0 aliphatic rings. The first-order valence-electron chi connectivity index (χ1n) is 11.3. The van der Waals surface area contributed by atoms with Crippen molar-refractivity contribution in [3.05, 3.63) is 24.3 Å². The molecular formula is C22H37F3NO9P. The van der Waals surface area contributed by atoms with Gasteiger partial charge in [0.25, 0.3) is 0 Å². The Balaban J connectivity index is 0.0000122. The summed E-state index contributed by atoms with van der Waals surface area (Å²) in [6.07, 6.45) is -1.78. The van der Waals surface area contributed by atoms with Gasteiger partial charge < -0.3 is 29.4 Å². The Bertz CT molecular complexity index is 819. The predicted octanol–water partition coefficient (Wildman–Crippen LogP) is 4.81. The highest BCUT2D eigenvalue weighted by molar-refractivity contribution is 7.47. The third-order valence-corrected chi connectivity index (χ3v) is 5.63.